The minimum atomic E-state index is 0.373. The highest BCUT2D eigenvalue weighted by molar-refractivity contribution is 4.93. The molecule has 1 nitrogen and oxygen atoms in total. The number of ether oxygens (including phenoxy) is 1. The van der Waals surface area contributed by atoms with Crippen LogP contribution in [0.15, 0.2) is 0 Å². The molecule has 1 heteroatoms. The molecule has 0 bridgehead atoms. The molecular weight excluding hydrogens is 124 g/mol. The molecule has 1 unspecified atom stereocenters. The Kier molecular flexibility index (Phi) is 1.48. The predicted octanol–water partition coefficient (Wildman–Crippen LogP) is 2.50. The number of rotatable bonds is 0. The van der Waals surface area contributed by atoms with Gasteiger partial charge >= 0.3 is 0 Å². The van der Waals surface area contributed by atoms with E-state index in [-0.39, 0.29) is 0 Å². The molecule has 1 saturated heterocycles. The van der Waals surface area contributed by atoms with Gasteiger partial charge in [-0.15, -0.1) is 0 Å². The molecule has 1 spiro atoms. The summed E-state index contributed by atoms with van der Waals surface area (Å²) in [5.74, 6) is 0. The molecule has 2 aliphatic rings. The molecular formula is C9H16O. The van der Waals surface area contributed by atoms with Gasteiger partial charge in [0.2, 0.25) is 0 Å². The van der Waals surface area contributed by atoms with Crippen LogP contribution in [0, 0.1) is 0 Å². The van der Waals surface area contributed by atoms with E-state index in [4.69, 9.17) is 4.74 Å². The zero-order valence-corrected chi connectivity index (χ0v) is 6.73. The van der Waals surface area contributed by atoms with Crippen molar-refractivity contribution in [1.29, 1.82) is 0 Å². The van der Waals surface area contributed by atoms with E-state index in [1.807, 2.05) is 0 Å². The first-order chi connectivity index (χ1) is 4.81. The minimum Gasteiger partial charge on any atom is -0.372 e. The summed E-state index contributed by atoms with van der Waals surface area (Å²) in [5, 5.41) is 0. The maximum absolute atomic E-state index is 5.77. The summed E-state index contributed by atoms with van der Waals surface area (Å²) in [6.07, 6.45) is 8.76. The van der Waals surface area contributed by atoms with Crippen molar-refractivity contribution < 1.29 is 4.74 Å². The fourth-order valence-corrected chi connectivity index (χ4v) is 2.46. The molecule has 2 rings (SSSR count). The van der Waals surface area contributed by atoms with Gasteiger partial charge < -0.3 is 4.74 Å². The van der Waals surface area contributed by atoms with Crippen LogP contribution >= 0.6 is 0 Å². The lowest BCUT2D eigenvalue weighted by atomic mass is 9.77. The second-order valence-electron chi connectivity index (χ2n) is 3.88. The molecule has 1 atom stereocenters. The van der Waals surface area contributed by atoms with Gasteiger partial charge in [-0.25, -0.2) is 0 Å². The van der Waals surface area contributed by atoms with Gasteiger partial charge in [0.1, 0.15) is 0 Å². The van der Waals surface area contributed by atoms with Gasteiger partial charge in [0.25, 0.3) is 0 Å². The summed E-state index contributed by atoms with van der Waals surface area (Å²) in [6, 6.07) is 0. The van der Waals surface area contributed by atoms with E-state index >= 15 is 0 Å². The SMILES string of the molecule is CC1CC2(CCCCC2)O1. The van der Waals surface area contributed by atoms with Crippen molar-refractivity contribution in [3.8, 4) is 0 Å². The van der Waals surface area contributed by atoms with Crippen LogP contribution in [0.5, 0.6) is 0 Å². The topological polar surface area (TPSA) is 9.23 Å². The fraction of sp³-hybridized carbons (Fsp3) is 1.00. The van der Waals surface area contributed by atoms with E-state index in [0.717, 1.165) is 0 Å². The lowest BCUT2D eigenvalue weighted by Gasteiger charge is -2.49. The van der Waals surface area contributed by atoms with Crippen LogP contribution in [-0.4, -0.2) is 11.7 Å². The first-order valence-corrected chi connectivity index (χ1v) is 4.49. The molecule has 0 aromatic carbocycles. The molecule has 10 heavy (non-hydrogen) atoms. The van der Waals surface area contributed by atoms with Crippen molar-refractivity contribution in [2.75, 3.05) is 0 Å². The molecule has 0 aromatic rings. The average Bonchev–Trinajstić information content (AvgIpc) is 1.87. The molecule has 0 radical (unpaired) electrons. The molecule has 1 aliphatic heterocycles. The first kappa shape index (κ1) is 6.66. The molecule has 1 saturated carbocycles. The Hall–Kier alpha value is -0.0400. The highest BCUT2D eigenvalue weighted by atomic mass is 16.5. The van der Waals surface area contributed by atoms with Crippen LogP contribution in [0.1, 0.15) is 45.4 Å². The summed E-state index contributed by atoms with van der Waals surface area (Å²) < 4.78 is 5.77. The zero-order valence-electron chi connectivity index (χ0n) is 6.73. The molecule has 58 valence electrons. The maximum atomic E-state index is 5.77. The minimum absolute atomic E-state index is 0.373. The van der Waals surface area contributed by atoms with Crippen molar-refractivity contribution in [3.05, 3.63) is 0 Å². The van der Waals surface area contributed by atoms with Crippen LogP contribution in [0.3, 0.4) is 0 Å². The Morgan fingerprint density at radius 2 is 1.80 bits per heavy atom. The van der Waals surface area contributed by atoms with Crippen LogP contribution in [0.2, 0.25) is 0 Å². The van der Waals surface area contributed by atoms with E-state index in [1.165, 1.54) is 38.5 Å². The molecule has 2 fully saturated rings. The fourth-order valence-electron chi connectivity index (χ4n) is 2.46. The molecule has 1 heterocycles. The highest BCUT2D eigenvalue weighted by Crippen LogP contribution is 2.43. The van der Waals surface area contributed by atoms with Gasteiger partial charge in [-0.05, 0) is 19.8 Å². The normalized spacial score (nSPS) is 37.5. The van der Waals surface area contributed by atoms with Crippen molar-refractivity contribution in [3.63, 3.8) is 0 Å². The second kappa shape index (κ2) is 2.23. The Balaban J connectivity index is 1.90. The monoisotopic (exact) mass is 140 g/mol. The van der Waals surface area contributed by atoms with Gasteiger partial charge in [-0.2, -0.15) is 0 Å². The number of hydrogen-bond acceptors (Lipinski definition) is 1. The third-order valence-corrected chi connectivity index (χ3v) is 2.88. The van der Waals surface area contributed by atoms with E-state index < -0.39 is 0 Å². The first-order valence-electron chi connectivity index (χ1n) is 4.49. The lowest BCUT2D eigenvalue weighted by Crippen LogP contribution is -2.50. The second-order valence-corrected chi connectivity index (χ2v) is 3.88. The molecule has 0 N–H and O–H groups in total. The Labute approximate surface area is 62.8 Å². The molecule has 1 aliphatic carbocycles. The van der Waals surface area contributed by atoms with Crippen molar-refractivity contribution in [2.24, 2.45) is 0 Å². The van der Waals surface area contributed by atoms with E-state index in [2.05, 4.69) is 6.92 Å². The van der Waals surface area contributed by atoms with E-state index in [0.29, 0.717) is 11.7 Å². The Morgan fingerprint density at radius 1 is 1.20 bits per heavy atom. The molecule has 0 aromatic heterocycles. The smallest absolute Gasteiger partial charge is 0.0710 e. The summed E-state index contributed by atoms with van der Waals surface area (Å²) in [7, 11) is 0. The highest BCUT2D eigenvalue weighted by Gasteiger charge is 2.43. The zero-order chi connectivity index (χ0) is 7.03. The Morgan fingerprint density at radius 3 is 2.30 bits per heavy atom. The summed E-state index contributed by atoms with van der Waals surface area (Å²) in [5.41, 5.74) is 0.373. The van der Waals surface area contributed by atoms with Crippen molar-refractivity contribution >= 4 is 0 Å². The third-order valence-electron chi connectivity index (χ3n) is 2.88. The average molecular weight is 140 g/mol. The van der Waals surface area contributed by atoms with Crippen LogP contribution in [0.4, 0.5) is 0 Å². The third kappa shape index (κ3) is 0.968. The van der Waals surface area contributed by atoms with Crippen LogP contribution < -0.4 is 0 Å². The van der Waals surface area contributed by atoms with Crippen LogP contribution in [-0.2, 0) is 4.74 Å². The van der Waals surface area contributed by atoms with Crippen molar-refractivity contribution in [1.82, 2.24) is 0 Å². The van der Waals surface area contributed by atoms with Gasteiger partial charge in [-0.1, -0.05) is 19.3 Å². The largest absolute Gasteiger partial charge is 0.372 e. The summed E-state index contributed by atoms with van der Waals surface area (Å²) in [6.45, 7) is 2.18. The maximum Gasteiger partial charge on any atom is 0.0710 e. The lowest BCUT2D eigenvalue weighted by molar-refractivity contribution is -0.212. The van der Waals surface area contributed by atoms with E-state index in [9.17, 15) is 0 Å². The standard InChI is InChI=1S/C9H16O/c1-8-7-9(10-8)5-3-2-4-6-9/h8H,2-7H2,1H3. The summed E-state index contributed by atoms with van der Waals surface area (Å²) >= 11 is 0. The number of hydrogen-bond donors (Lipinski definition) is 0. The molecule has 0 amide bonds. The van der Waals surface area contributed by atoms with Gasteiger partial charge in [-0.3, -0.25) is 0 Å². The predicted molar refractivity (Wildman–Crippen MR) is 41.0 cm³/mol. The van der Waals surface area contributed by atoms with Gasteiger partial charge in [0.15, 0.2) is 0 Å². The van der Waals surface area contributed by atoms with Crippen molar-refractivity contribution in [2.45, 2.75) is 57.2 Å². The Bertz CT molecular complexity index is 109. The van der Waals surface area contributed by atoms with Crippen LogP contribution in [0.25, 0.3) is 0 Å². The quantitative estimate of drug-likeness (QED) is 0.502. The summed E-state index contributed by atoms with van der Waals surface area (Å²) in [4.78, 5) is 0. The van der Waals surface area contributed by atoms with Gasteiger partial charge in [0.05, 0.1) is 11.7 Å². The van der Waals surface area contributed by atoms with Gasteiger partial charge in [0, 0.05) is 6.42 Å². The van der Waals surface area contributed by atoms with E-state index in [1.54, 1.807) is 0 Å².